The van der Waals surface area contributed by atoms with Crippen molar-refractivity contribution < 1.29 is 123 Å². The summed E-state index contributed by atoms with van der Waals surface area (Å²) in [5.74, 6) is 0. The lowest BCUT2D eigenvalue weighted by Gasteiger charge is -2.49. The van der Waals surface area contributed by atoms with E-state index in [1.165, 1.54) is 21.0 Å². The summed E-state index contributed by atoms with van der Waals surface area (Å²) >= 11 is 0. The minimum absolute atomic E-state index is 0.378. The van der Waals surface area contributed by atoms with Gasteiger partial charge in [0.25, 0.3) is 0 Å². The van der Waals surface area contributed by atoms with Crippen LogP contribution in [0.2, 0.25) is 0 Å². The monoisotopic (exact) mass is 852 g/mol. The predicted octanol–water partition coefficient (Wildman–Crippen LogP) is -8.83. The number of rotatable bonds is 11. The van der Waals surface area contributed by atoms with Crippen LogP contribution in [-0.4, -0.2) is 260 Å². The molecular weight excluding hydrogens is 796 g/mol. The van der Waals surface area contributed by atoms with Gasteiger partial charge in [0.15, 0.2) is 37.7 Å². The first-order valence-electron chi connectivity index (χ1n) is 18.9. The van der Waals surface area contributed by atoms with Gasteiger partial charge in [-0.3, -0.25) is 0 Å². The molecule has 6 fully saturated rings. The highest BCUT2D eigenvalue weighted by Crippen LogP contribution is 2.36. The van der Waals surface area contributed by atoms with Crippen LogP contribution in [0.3, 0.4) is 0 Å². The van der Waals surface area contributed by atoms with E-state index in [2.05, 4.69) is 0 Å². The normalized spacial score (nSPS) is 54.6. The average Bonchev–Trinajstić information content (AvgIpc) is 3.19. The van der Waals surface area contributed by atoms with Crippen molar-refractivity contribution in [3.63, 3.8) is 0 Å². The fraction of sp³-hybridized carbons (Fsp3) is 1.00. The molecule has 0 aromatic carbocycles. The maximum Gasteiger partial charge on any atom is 0.187 e. The SMILES string of the molecule is CO[C@H]1OC[C@@H](O)[C@H](O[C@@H]2O[C@@H](C)[C@H](O)[C@@H](O)[C@H]2O)[C@H]1O[C@@H]1O[C@@H](C)[C@H](O[C@@H]2OC[C@@H](O)[C@H](O)[C@H]2O)[C@@H](O[C@@H]2OC[C@@H](O)[C@H](O[C@@H]3OC[C@@H](O)[C@H](O)[C@H]3O)[C@H]2O)[C@H]1O. The Morgan fingerprint density at radius 2 is 0.707 bits per heavy atom. The Kier molecular flexibility index (Phi) is 15.7. The summed E-state index contributed by atoms with van der Waals surface area (Å²) in [5.41, 5.74) is 0. The molecule has 0 amide bonds. The molecule has 0 aliphatic carbocycles. The van der Waals surface area contributed by atoms with Crippen LogP contribution in [0.5, 0.6) is 0 Å². The molecule has 25 nitrogen and oxygen atoms in total. The van der Waals surface area contributed by atoms with Gasteiger partial charge in [-0.05, 0) is 13.8 Å². The van der Waals surface area contributed by atoms with Crippen molar-refractivity contribution in [1.82, 2.24) is 0 Å². The number of aliphatic hydroxyl groups excluding tert-OH is 13. The number of ether oxygens (including phenoxy) is 12. The lowest BCUT2D eigenvalue weighted by Crippen LogP contribution is -2.67. The van der Waals surface area contributed by atoms with E-state index in [4.69, 9.17) is 56.8 Å². The molecule has 338 valence electrons. The molecule has 0 bridgehead atoms. The summed E-state index contributed by atoms with van der Waals surface area (Å²) in [6.07, 6.45) is -41.6. The Hall–Kier alpha value is -1.00. The van der Waals surface area contributed by atoms with Gasteiger partial charge in [0.1, 0.15) is 110 Å². The van der Waals surface area contributed by atoms with Gasteiger partial charge in [0.05, 0.1) is 38.6 Å². The third kappa shape index (κ3) is 9.64. The molecular formula is C33H56O25. The molecule has 0 aromatic heterocycles. The van der Waals surface area contributed by atoms with Crippen molar-refractivity contribution in [2.45, 2.75) is 174 Å². The first-order chi connectivity index (χ1) is 27.4. The van der Waals surface area contributed by atoms with Crippen molar-refractivity contribution in [2.75, 3.05) is 33.5 Å². The van der Waals surface area contributed by atoms with Crippen LogP contribution in [0.25, 0.3) is 0 Å². The third-order valence-electron chi connectivity index (χ3n) is 11.0. The van der Waals surface area contributed by atoms with Crippen LogP contribution in [0.1, 0.15) is 13.8 Å². The molecule has 0 radical (unpaired) electrons. The topological polar surface area (TPSA) is 374 Å². The zero-order valence-corrected chi connectivity index (χ0v) is 31.6. The van der Waals surface area contributed by atoms with Gasteiger partial charge in [-0.15, -0.1) is 0 Å². The lowest BCUT2D eigenvalue weighted by atomic mass is 9.97. The second-order valence-electron chi connectivity index (χ2n) is 15.1. The van der Waals surface area contributed by atoms with Crippen molar-refractivity contribution >= 4 is 0 Å². The smallest absolute Gasteiger partial charge is 0.187 e. The van der Waals surface area contributed by atoms with Crippen LogP contribution >= 0.6 is 0 Å². The van der Waals surface area contributed by atoms with Crippen LogP contribution in [0.15, 0.2) is 0 Å². The molecule has 6 rings (SSSR count). The number of hydrogen-bond acceptors (Lipinski definition) is 25. The van der Waals surface area contributed by atoms with Gasteiger partial charge in [-0.1, -0.05) is 0 Å². The molecule has 0 unspecified atom stereocenters. The van der Waals surface area contributed by atoms with Gasteiger partial charge in [0, 0.05) is 7.11 Å². The zero-order valence-electron chi connectivity index (χ0n) is 31.6. The summed E-state index contributed by atoms with van der Waals surface area (Å²) in [5, 5.41) is 137. The summed E-state index contributed by atoms with van der Waals surface area (Å²) in [6, 6.07) is 0. The van der Waals surface area contributed by atoms with Crippen LogP contribution in [0, 0.1) is 0 Å². The first kappa shape index (κ1) is 46.5. The predicted molar refractivity (Wildman–Crippen MR) is 177 cm³/mol. The maximum atomic E-state index is 11.9. The summed E-state index contributed by atoms with van der Waals surface area (Å²) in [6.45, 7) is 0.985. The molecule has 6 aliphatic heterocycles. The van der Waals surface area contributed by atoms with Crippen molar-refractivity contribution in [3.8, 4) is 0 Å². The summed E-state index contributed by atoms with van der Waals surface area (Å²) < 4.78 is 68.5. The van der Waals surface area contributed by atoms with Crippen molar-refractivity contribution in [2.24, 2.45) is 0 Å². The second-order valence-corrected chi connectivity index (χ2v) is 15.1. The van der Waals surface area contributed by atoms with Crippen molar-refractivity contribution in [1.29, 1.82) is 0 Å². The molecule has 0 saturated carbocycles. The molecule has 25 heteroatoms. The van der Waals surface area contributed by atoms with Crippen LogP contribution < -0.4 is 0 Å². The van der Waals surface area contributed by atoms with E-state index in [1.54, 1.807) is 0 Å². The van der Waals surface area contributed by atoms with E-state index >= 15 is 0 Å². The van der Waals surface area contributed by atoms with Crippen LogP contribution in [0.4, 0.5) is 0 Å². The van der Waals surface area contributed by atoms with Gasteiger partial charge in [-0.25, -0.2) is 0 Å². The highest BCUT2D eigenvalue weighted by atomic mass is 16.8. The van der Waals surface area contributed by atoms with E-state index in [9.17, 15) is 66.4 Å². The van der Waals surface area contributed by atoms with Gasteiger partial charge in [0.2, 0.25) is 0 Å². The average molecular weight is 853 g/mol. The number of hydrogen-bond donors (Lipinski definition) is 13. The lowest BCUT2D eigenvalue weighted by molar-refractivity contribution is -0.400. The third-order valence-corrected chi connectivity index (χ3v) is 11.0. The van der Waals surface area contributed by atoms with E-state index in [0.717, 1.165) is 0 Å². The Morgan fingerprint density at radius 1 is 0.328 bits per heavy atom. The highest BCUT2D eigenvalue weighted by Gasteiger charge is 2.56. The van der Waals surface area contributed by atoms with Crippen LogP contribution in [-0.2, 0) is 56.8 Å². The summed E-state index contributed by atoms with van der Waals surface area (Å²) in [4.78, 5) is 0. The molecule has 6 saturated heterocycles. The molecule has 0 spiro atoms. The van der Waals surface area contributed by atoms with E-state index in [-0.39, 0.29) is 6.61 Å². The van der Waals surface area contributed by atoms with Gasteiger partial charge < -0.3 is 123 Å². The van der Waals surface area contributed by atoms with E-state index in [1.807, 2.05) is 0 Å². The fourth-order valence-corrected chi connectivity index (χ4v) is 7.47. The Labute approximate surface area is 330 Å². The molecule has 6 heterocycles. The van der Waals surface area contributed by atoms with Crippen molar-refractivity contribution in [3.05, 3.63) is 0 Å². The Bertz CT molecular complexity index is 1290. The highest BCUT2D eigenvalue weighted by molar-refractivity contribution is 4.97. The maximum absolute atomic E-state index is 11.9. The minimum atomic E-state index is -1.97. The molecule has 13 N–H and O–H groups in total. The number of aliphatic hydroxyl groups is 13. The van der Waals surface area contributed by atoms with Gasteiger partial charge >= 0.3 is 0 Å². The largest absolute Gasteiger partial charge is 0.388 e. The standard InChI is InChI=1S/C33H56O25/c1-8-14(38)17(41)20(44)31(52-8)56-25-13(37)7-51-33(47-3)27(25)58-32-22(46)26(23(9(2)53-32)54-28-18(42)15(39)10(34)4-48-28)57-30-21(45)24(12(36)6-50-30)55-29-19(43)16(40)11(35)5-49-29/h8-46H,4-7H2,1-3H3/t8-,9-,10+,11+,12+,13+,14-,15-,16-,17+,18+,19+,20+,21+,22+,23-,24-,25-,26-,27+,28-,29-,30-,31-,32-,33-/m0/s1. The first-order valence-corrected chi connectivity index (χ1v) is 18.9. The molecule has 6 aliphatic rings. The Balaban J connectivity index is 1.24. The molecule has 58 heavy (non-hydrogen) atoms. The fourth-order valence-electron chi connectivity index (χ4n) is 7.47. The van der Waals surface area contributed by atoms with E-state index in [0.29, 0.717) is 0 Å². The molecule has 0 aromatic rings. The Morgan fingerprint density at radius 3 is 1.28 bits per heavy atom. The second kappa shape index (κ2) is 19.6. The molecule has 26 atom stereocenters. The number of methoxy groups -OCH3 is 1. The minimum Gasteiger partial charge on any atom is -0.388 e. The van der Waals surface area contributed by atoms with Gasteiger partial charge in [-0.2, -0.15) is 0 Å². The summed E-state index contributed by atoms with van der Waals surface area (Å²) in [7, 11) is 1.23. The zero-order chi connectivity index (χ0) is 42.3. The van der Waals surface area contributed by atoms with E-state index < -0.39 is 180 Å². The quantitative estimate of drug-likeness (QED) is 0.0918.